The summed E-state index contributed by atoms with van der Waals surface area (Å²) in [6, 6.07) is 17.1. The van der Waals surface area contributed by atoms with E-state index in [4.69, 9.17) is 5.73 Å². The molecule has 0 amide bonds. The summed E-state index contributed by atoms with van der Waals surface area (Å²) in [6.07, 6.45) is 11.3. The number of rotatable bonds is 4. The first-order valence-corrected chi connectivity index (χ1v) is 8.83. The van der Waals surface area contributed by atoms with Gasteiger partial charge in [0.1, 0.15) is 0 Å². The van der Waals surface area contributed by atoms with E-state index in [-0.39, 0.29) is 5.41 Å². The number of aryl methyl sites for hydroxylation is 2. The molecule has 0 saturated carbocycles. The van der Waals surface area contributed by atoms with E-state index in [9.17, 15) is 0 Å². The van der Waals surface area contributed by atoms with Crippen molar-refractivity contribution >= 4 is 0 Å². The normalized spacial score (nSPS) is 25.8. The fourth-order valence-electron chi connectivity index (χ4n) is 3.91. The van der Waals surface area contributed by atoms with Crippen LogP contribution < -0.4 is 5.73 Å². The molecule has 0 unspecified atom stereocenters. The standard InChI is InChI=1S/C23H27N/c1-4-13-22(20-11-7-5-9-18(20)2)14-16-23(24,17-15-22)21-12-8-6-10-19(21)3/h5-12,14-17H,4,13,24H2,1-3H3. The van der Waals surface area contributed by atoms with Crippen molar-refractivity contribution in [2.24, 2.45) is 5.73 Å². The van der Waals surface area contributed by atoms with Gasteiger partial charge in [0, 0.05) is 5.41 Å². The molecular formula is C23H27N. The van der Waals surface area contributed by atoms with Gasteiger partial charge in [0.2, 0.25) is 0 Å². The van der Waals surface area contributed by atoms with Gasteiger partial charge in [0.05, 0.1) is 5.54 Å². The molecule has 0 radical (unpaired) electrons. The van der Waals surface area contributed by atoms with Gasteiger partial charge in [-0.05, 0) is 42.5 Å². The highest BCUT2D eigenvalue weighted by Gasteiger charge is 2.34. The SMILES string of the molecule is CCCC1(c2ccccc2C)C=CC(N)(c2ccccc2C)C=C1. The lowest BCUT2D eigenvalue weighted by Crippen LogP contribution is -2.38. The monoisotopic (exact) mass is 317 g/mol. The molecule has 3 rings (SSSR count). The van der Waals surface area contributed by atoms with E-state index in [0.29, 0.717) is 0 Å². The highest BCUT2D eigenvalue weighted by Crippen LogP contribution is 2.40. The van der Waals surface area contributed by atoms with Crippen LogP contribution in [0.15, 0.2) is 72.8 Å². The second-order valence-corrected chi connectivity index (χ2v) is 7.02. The molecule has 0 heterocycles. The Kier molecular flexibility index (Phi) is 4.47. The first-order chi connectivity index (χ1) is 11.5. The molecule has 24 heavy (non-hydrogen) atoms. The van der Waals surface area contributed by atoms with Gasteiger partial charge >= 0.3 is 0 Å². The van der Waals surface area contributed by atoms with Gasteiger partial charge in [-0.15, -0.1) is 0 Å². The van der Waals surface area contributed by atoms with Crippen LogP contribution in [0.3, 0.4) is 0 Å². The van der Waals surface area contributed by atoms with Crippen molar-refractivity contribution in [2.75, 3.05) is 0 Å². The van der Waals surface area contributed by atoms with Crippen molar-refractivity contribution in [1.29, 1.82) is 0 Å². The second kappa shape index (κ2) is 6.41. The lowest BCUT2D eigenvalue weighted by Gasteiger charge is -2.37. The number of hydrogen-bond donors (Lipinski definition) is 1. The molecule has 0 spiro atoms. The van der Waals surface area contributed by atoms with E-state index in [2.05, 4.69) is 93.6 Å². The molecule has 1 heteroatoms. The van der Waals surface area contributed by atoms with Gasteiger partial charge in [-0.2, -0.15) is 0 Å². The minimum Gasteiger partial charge on any atom is -0.315 e. The van der Waals surface area contributed by atoms with Crippen LogP contribution >= 0.6 is 0 Å². The van der Waals surface area contributed by atoms with E-state index in [1.807, 2.05) is 0 Å². The first-order valence-electron chi connectivity index (χ1n) is 8.83. The van der Waals surface area contributed by atoms with Crippen LogP contribution in [-0.4, -0.2) is 0 Å². The van der Waals surface area contributed by atoms with Crippen molar-refractivity contribution in [2.45, 2.75) is 44.6 Å². The maximum Gasteiger partial charge on any atom is 0.0785 e. The Hall–Kier alpha value is -2.12. The summed E-state index contributed by atoms with van der Waals surface area (Å²) in [7, 11) is 0. The zero-order valence-electron chi connectivity index (χ0n) is 14.9. The van der Waals surface area contributed by atoms with E-state index >= 15 is 0 Å². The summed E-state index contributed by atoms with van der Waals surface area (Å²) in [5, 5.41) is 0. The fraction of sp³-hybridized carbons (Fsp3) is 0.304. The zero-order chi connectivity index (χ0) is 17.2. The van der Waals surface area contributed by atoms with Crippen molar-refractivity contribution in [3.63, 3.8) is 0 Å². The molecule has 2 N–H and O–H groups in total. The van der Waals surface area contributed by atoms with Crippen molar-refractivity contribution in [1.82, 2.24) is 0 Å². The summed E-state index contributed by atoms with van der Waals surface area (Å²) in [4.78, 5) is 0. The summed E-state index contributed by atoms with van der Waals surface area (Å²) in [6.45, 7) is 6.56. The molecule has 0 bridgehead atoms. The van der Waals surface area contributed by atoms with Crippen molar-refractivity contribution < 1.29 is 0 Å². The van der Waals surface area contributed by atoms with Gasteiger partial charge in [0.15, 0.2) is 0 Å². The Morgan fingerprint density at radius 1 is 0.750 bits per heavy atom. The van der Waals surface area contributed by atoms with Crippen LogP contribution in [0.2, 0.25) is 0 Å². The minimum atomic E-state index is -0.523. The smallest absolute Gasteiger partial charge is 0.0785 e. The minimum absolute atomic E-state index is 0.0500. The van der Waals surface area contributed by atoms with Crippen LogP contribution in [-0.2, 0) is 11.0 Å². The van der Waals surface area contributed by atoms with Crippen LogP contribution in [0, 0.1) is 13.8 Å². The van der Waals surface area contributed by atoms with Crippen molar-refractivity contribution in [3.05, 3.63) is 95.1 Å². The summed E-state index contributed by atoms with van der Waals surface area (Å²) >= 11 is 0. The lowest BCUT2D eigenvalue weighted by molar-refractivity contribution is 0.552. The predicted molar refractivity (Wildman–Crippen MR) is 103 cm³/mol. The number of allylic oxidation sites excluding steroid dienone is 2. The maximum absolute atomic E-state index is 6.74. The van der Waals surface area contributed by atoms with Crippen LogP contribution in [0.25, 0.3) is 0 Å². The molecule has 2 aromatic rings. The Morgan fingerprint density at radius 2 is 1.25 bits per heavy atom. The number of nitrogens with two attached hydrogens (primary N) is 1. The average Bonchev–Trinajstić information content (AvgIpc) is 2.58. The number of hydrogen-bond acceptors (Lipinski definition) is 1. The third-order valence-electron chi connectivity index (χ3n) is 5.23. The third-order valence-corrected chi connectivity index (χ3v) is 5.23. The summed E-state index contributed by atoms with van der Waals surface area (Å²) < 4.78 is 0. The van der Waals surface area contributed by atoms with Gasteiger partial charge in [0.25, 0.3) is 0 Å². The van der Waals surface area contributed by atoms with Crippen LogP contribution in [0.1, 0.15) is 42.0 Å². The molecular weight excluding hydrogens is 290 g/mol. The molecule has 1 nitrogen and oxygen atoms in total. The molecule has 124 valence electrons. The van der Waals surface area contributed by atoms with Gasteiger partial charge < -0.3 is 5.73 Å². The molecule has 0 atom stereocenters. The van der Waals surface area contributed by atoms with Crippen molar-refractivity contribution in [3.8, 4) is 0 Å². The average molecular weight is 317 g/mol. The Labute approximate surface area is 145 Å². The fourth-order valence-corrected chi connectivity index (χ4v) is 3.91. The molecule has 0 saturated heterocycles. The quantitative estimate of drug-likeness (QED) is 0.759. The Balaban J connectivity index is 2.05. The van der Waals surface area contributed by atoms with Gasteiger partial charge in [-0.1, -0.05) is 86.2 Å². The molecule has 2 aromatic carbocycles. The Morgan fingerprint density at radius 3 is 1.75 bits per heavy atom. The molecule has 1 aliphatic carbocycles. The molecule has 0 aromatic heterocycles. The zero-order valence-corrected chi connectivity index (χ0v) is 14.9. The topological polar surface area (TPSA) is 26.0 Å². The van der Waals surface area contributed by atoms with Gasteiger partial charge in [-0.3, -0.25) is 0 Å². The highest BCUT2D eigenvalue weighted by atomic mass is 14.7. The predicted octanol–water partition coefficient (Wildman–Crippen LogP) is 5.32. The summed E-state index contributed by atoms with van der Waals surface area (Å²) in [5.74, 6) is 0. The Bertz CT molecular complexity index is 768. The third kappa shape index (κ3) is 2.85. The van der Waals surface area contributed by atoms with Crippen LogP contribution in [0.5, 0.6) is 0 Å². The van der Waals surface area contributed by atoms with E-state index in [0.717, 1.165) is 12.8 Å². The number of benzene rings is 2. The molecule has 1 aliphatic rings. The molecule has 0 fully saturated rings. The van der Waals surface area contributed by atoms with Crippen LogP contribution in [0.4, 0.5) is 0 Å². The summed E-state index contributed by atoms with van der Waals surface area (Å²) in [5.41, 5.74) is 11.3. The van der Waals surface area contributed by atoms with E-state index in [1.54, 1.807) is 0 Å². The van der Waals surface area contributed by atoms with E-state index in [1.165, 1.54) is 22.3 Å². The largest absolute Gasteiger partial charge is 0.315 e. The van der Waals surface area contributed by atoms with Gasteiger partial charge in [-0.25, -0.2) is 0 Å². The maximum atomic E-state index is 6.74. The second-order valence-electron chi connectivity index (χ2n) is 7.02. The van der Waals surface area contributed by atoms with E-state index < -0.39 is 5.54 Å². The lowest BCUT2D eigenvalue weighted by atomic mass is 9.69. The highest BCUT2D eigenvalue weighted by molar-refractivity contribution is 5.50. The first kappa shape index (κ1) is 16.7. The molecule has 0 aliphatic heterocycles.